The molecular weight excluding hydrogens is 442 g/mol. The summed E-state index contributed by atoms with van der Waals surface area (Å²) >= 11 is 0. The van der Waals surface area contributed by atoms with Crippen LogP contribution in [0.1, 0.15) is 17.5 Å². The van der Waals surface area contributed by atoms with E-state index in [-0.39, 0.29) is 11.6 Å². The number of hydrogen-bond acceptors (Lipinski definition) is 4. The highest BCUT2D eigenvalue weighted by molar-refractivity contribution is 5.98. The fraction of sp³-hybridized carbons (Fsp3) is 0.138. The lowest BCUT2D eigenvalue weighted by molar-refractivity contribution is 0.142. The van der Waals surface area contributed by atoms with Crippen LogP contribution in [0.2, 0.25) is 0 Å². The standard InChI is InChI=1S/C29H25NO5/c1-18-8-2-3-11-20(18)21-12-6-13-22-23(28(30-27(21)22)35-29(32)33)14-7-17-34-25-16-5-10-19-9-4-15-24(31)26(19)25/h2-6,8-13,15-16,30-31H,7,14,17H2,1H3,(H,32,33). The van der Waals surface area contributed by atoms with E-state index in [1.54, 1.807) is 12.1 Å². The highest BCUT2D eigenvalue weighted by Crippen LogP contribution is 2.37. The maximum absolute atomic E-state index is 11.4. The van der Waals surface area contributed by atoms with E-state index in [0.717, 1.165) is 38.5 Å². The molecule has 0 aliphatic heterocycles. The van der Waals surface area contributed by atoms with Crippen LogP contribution in [0, 0.1) is 6.92 Å². The first kappa shape index (κ1) is 22.3. The van der Waals surface area contributed by atoms with Gasteiger partial charge in [-0.3, -0.25) is 0 Å². The quantitative estimate of drug-likeness (QED) is 0.176. The minimum absolute atomic E-state index is 0.176. The van der Waals surface area contributed by atoms with Crippen molar-refractivity contribution in [2.24, 2.45) is 0 Å². The number of aromatic nitrogens is 1. The van der Waals surface area contributed by atoms with Crippen LogP contribution >= 0.6 is 0 Å². The molecule has 6 nitrogen and oxygen atoms in total. The molecule has 0 radical (unpaired) electrons. The average molecular weight is 468 g/mol. The molecule has 1 aromatic heterocycles. The maximum Gasteiger partial charge on any atom is 0.512 e. The van der Waals surface area contributed by atoms with Crippen LogP contribution in [0.15, 0.2) is 78.9 Å². The Hall–Kier alpha value is -4.45. The van der Waals surface area contributed by atoms with Gasteiger partial charge >= 0.3 is 6.16 Å². The van der Waals surface area contributed by atoms with Crippen LogP contribution in [0.3, 0.4) is 0 Å². The Kier molecular flexibility index (Phi) is 6.02. The lowest BCUT2D eigenvalue weighted by atomic mass is 9.97. The molecule has 1 heterocycles. The fourth-order valence-electron chi connectivity index (χ4n) is 4.61. The number of rotatable bonds is 7. The van der Waals surface area contributed by atoms with Gasteiger partial charge in [0.2, 0.25) is 5.88 Å². The number of para-hydroxylation sites is 1. The van der Waals surface area contributed by atoms with Crippen molar-refractivity contribution in [2.45, 2.75) is 19.8 Å². The number of carboxylic acid groups (broad SMARTS) is 1. The van der Waals surface area contributed by atoms with E-state index in [1.807, 2.05) is 54.6 Å². The molecule has 0 bridgehead atoms. The molecular formula is C29H25NO5. The van der Waals surface area contributed by atoms with Crippen molar-refractivity contribution in [3.05, 3.63) is 90.0 Å². The Bertz CT molecular complexity index is 1530. The molecule has 6 heteroatoms. The fourth-order valence-corrected chi connectivity index (χ4v) is 4.61. The SMILES string of the molecule is Cc1ccccc1-c1cccc2c(CCCOc3cccc4cccc(O)c34)c(OC(=O)O)[nH]c12. The Labute approximate surface area is 202 Å². The van der Waals surface area contributed by atoms with Crippen molar-refractivity contribution in [3.8, 4) is 28.5 Å². The van der Waals surface area contributed by atoms with Crippen LogP contribution in [0.25, 0.3) is 32.8 Å². The second-order valence-electron chi connectivity index (χ2n) is 8.43. The predicted octanol–water partition coefficient (Wildman–Crippen LogP) is 7.07. The molecule has 0 aliphatic rings. The van der Waals surface area contributed by atoms with Crippen molar-refractivity contribution >= 4 is 27.8 Å². The molecule has 0 saturated heterocycles. The van der Waals surface area contributed by atoms with Crippen molar-refractivity contribution in [1.29, 1.82) is 0 Å². The summed E-state index contributed by atoms with van der Waals surface area (Å²) in [5.41, 5.74) is 4.83. The molecule has 0 unspecified atom stereocenters. The Balaban J connectivity index is 1.43. The number of H-pyrrole nitrogens is 1. The second kappa shape index (κ2) is 9.43. The van der Waals surface area contributed by atoms with Gasteiger partial charge in [-0.15, -0.1) is 0 Å². The number of phenols is 1. The number of hydrogen-bond donors (Lipinski definition) is 3. The zero-order chi connectivity index (χ0) is 24.4. The molecule has 0 atom stereocenters. The van der Waals surface area contributed by atoms with Crippen molar-refractivity contribution in [2.75, 3.05) is 6.61 Å². The van der Waals surface area contributed by atoms with Gasteiger partial charge in [-0.1, -0.05) is 66.7 Å². The molecule has 5 rings (SSSR count). The summed E-state index contributed by atoms with van der Waals surface area (Å²) in [5.74, 6) is 1.02. The third kappa shape index (κ3) is 4.38. The number of ether oxygens (including phenoxy) is 2. The maximum atomic E-state index is 11.4. The minimum Gasteiger partial charge on any atom is -0.507 e. The number of phenolic OH excluding ortho intramolecular Hbond substituents is 1. The Morgan fingerprint density at radius 3 is 2.46 bits per heavy atom. The third-order valence-electron chi connectivity index (χ3n) is 6.20. The first-order chi connectivity index (χ1) is 17.0. The predicted molar refractivity (Wildman–Crippen MR) is 137 cm³/mol. The number of fused-ring (bicyclic) bond motifs is 2. The smallest absolute Gasteiger partial charge is 0.507 e. The molecule has 0 saturated carbocycles. The van der Waals surface area contributed by atoms with E-state index >= 15 is 0 Å². The van der Waals surface area contributed by atoms with Gasteiger partial charge in [-0.05, 0) is 48.4 Å². The minimum atomic E-state index is -1.36. The molecule has 0 fully saturated rings. The highest BCUT2D eigenvalue weighted by Gasteiger charge is 2.18. The van der Waals surface area contributed by atoms with Gasteiger partial charge in [-0.2, -0.15) is 0 Å². The van der Waals surface area contributed by atoms with E-state index in [1.165, 1.54) is 0 Å². The summed E-state index contributed by atoms with van der Waals surface area (Å²) in [6, 6.07) is 25.1. The van der Waals surface area contributed by atoms with Gasteiger partial charge in [0.25, 0.3) is 0 Å². The zero-order valence-electron chi connectivity index (χ0n) is 19.2. The average Bonchev–Trinajstić information content (AvgIpc) is 3.19. The number of nitrogens with one attached hydrogen (secondary N) is 1. The van der Waals surface area contributed by atoms with Crippen LogP contribution in [0.4, 0.5) is 4.79 Å². The van der Waals surface area contributed by atoms with Gasteiger partial charge in [0, 0.05) is 16.5 Å². The lowest BCUT2D eigenvalue weighted by Crippen LogP contribution is -2.06. The van der Waals surface area contributed by atoms with Crippen LogP contribution in [0.5, 0.6) is 17.4 Å². The van der Waals surface area contributed by atoms with Gasteiger partial charge in [-0.25, -0.2) is 4.79 Å². The molecule has 0 spiro atoms. The largest absolute Gasteiger partial charge is 0.512 e. The van der Waals surface area contributed by atoms with E-state index < -0.39 is 6.16 Å². The highest BCUT2D eigenvalue weighted by atomic mass is 16.7. The van der Waals surface area contributed by atoms with Gasteiger partial charge in [0.05, 0.1) is 17.5 Å². The molecule has 5 aromatic rings. The zero-order valence-corrected chi connectivity index (χ0v) is 19.2. The topological polar surface area (TPSA) is 91.8 Å². The summed E-state index contributed by atoms with van der Waals surface area (Å²) in [6.45, 7) is 2.44. The molecule has 3 N–H and O–H groups in total. The van der Waals surface area contributed by atoms with E-state index in [2.05, 4.69) is 24.0 Å². The van der Waals surface area contributed by atoms with Crippen molar-refractivity contribution < 1.29 is 24.5 Å². The van der Waals surface area contributed by atoms with Gasteiger partial charge < -0.3 is 24.7 Å². The van der Waals surface area contributed by atoms with Crippen LogP contribution in [-0.2, 0) is 6.42 Å². The summed E-state index contributed by atoms with van der Waals surface area (Å²) < 4.78 is 11.1. The van der Waals surface area contributed by atoms with Crippen molar-refractivity contribution in [1.82, 2.24) is 4.98 Å². The number of aromatic hydroxyl groups is 1. The summed E-state index contributed by atoms with van der Waals surface area (Å²) in [6.07, 6.45) is -0.185. The first-order valence-corrected chi connectivity index (χ1v) is 11.5. The van der Waals surface area contributed by atoms with E-state index in [9.17, 15) is 15.0 Å². The third-order valence-corrected chi connectivity index (χ3v) is 6.20. The summed E-state index contributed by atoms with van der Waals surface area (Å²) in [5, 5.41) is 22.1. The molecule has 0 aliphatic carbocycles. The van der Waals surface area contributed by atoms with Gasteiger partial charge in [0.1, 0.15) is 11.5 Å². The number of carbonyl (C=O) groups is 1. The van der Waals surface area contributed by atoms with E-state index in [4.69, 9.17) is 9.47 Å². The molecule has 176 valence electrons. The number of benzene rings is 4. The monoisotopic (exact) mass is 467 g/mol. The van der Waals surface area contributed by atoms with Gasteiger partial charge in [0.15, 0.2) is 0 Å². The van der Waals surface area contributed by atoms with Crippen LogP contribution in [-0.4, -0.2) is 28.0 Å². The van der Waals surface area contributed by atoms with Crippen LogP contribution < -0.4 is 9.47 Å². The number of aromatic amines is 1. The first-order valence-electron chi connectivity index (χ1n) is 11.5. The normalized spacial score (nSPS) is 11.1. The molecule has 4 aromatic carbocycles. The van der Waals surface area contributed by atoms with Crippen molar-refractivity contribution in [3.63, 3.8) is 0 Å². The Morgan fingerprint density at radius 1 is 0.914 bits per heavy atom. The molecule has 0 amide bonds. The Morgan fingerprint density at radius 2 is 1.66 bits per heavy atom. The van der Waals surface area contributed by atoms with E-state index in [0.29, 0.717) is 30.6 Å². The lowest BCUT2D eigenvalue weighted by Gasteiger charge is -2.11. The second-order valence-corrected chi connectivity index (χ2v) is 8.43. The molecule has 35 heavy (non-hydrogen) atoms. The summed E-state index contributed by atoms with van der Waals surface area (Å²) in [4.78, 5) is 14.6. The summed E-state index contributed by atoms with van der Waals surface area (Å²) in [7, 11) is 0. The number of aryl methyl sites for hydroxylation is 2.